The lowest BCUT2D eigenvalue weighted by Gasteiger charge is -2.13. The summed E-state index contributed by atoms with van der Waals surface area (Å²) in [5, 5.41) is 14.9. The maximum atomic E-state index is 12.7. The molecule has 0 bridgehead atoms. The number of para-hydroxylation sites is 2. The summed E-state index contributed by atoms with van der Waals surface area (Å²) in [6.07, 6.45) is 0. The number of aromatic hydroxyl groups is 1. The van der Waals surface area contributed by atoms with Crippen LogP contribution in [-0.4, -0.2) is 22.2 Å². The number of thiophene rings is 1. The van der Waals surface area contributed by atoms with Crippen LogP contribution < -0.4 is 15.6 Å². The van der Waals surface area contributed by atoms with E-state index < -0.39 is 11.5 Å². The molecule has 0 spiro atoms. The van der Waals surface area contributed by atoms with Gasteiger partial charge in [0.1, 0.15) is 11.3 Å². The third-order valence-electron chi connectivity index (χ3n) is 3.82. The Hall–Kier alpha value is -2.80. The molecule has 1 aromatic carbocycles. The van der Waals surface area contributed by atoms with Gasteiger partial charge < -0.3 is 19.7 Å². The van der Waals surface area contributed by atoms with E-state index in [1.807, 2.05) is 13.8 Å². The van der Waals surface area contributed by atoms with Crippen molar-refractivity contribution in [1.29, 1.82) is 0 Å². The van der Waals surface area contributed by atoms with Crippen LogP contribution >= 0.6 is 11.3 Å². The Labute approximate surface area is 148 Å². The third-order valence-corrected chi connectivity index (χ3v) is 4.73. The fraction of sp³-hybridized carbons (Fsp3) is 0.222. The molecule has 2 N–H and O–H groups in total. The number of nitrogens with zero attached hydrogens (tertiary/aromatic N) is 1. The molecule has 0 unspecified atom stereocenters. The number of amides is 1. The van der Waals surface area contributed by atoms with Crippen LogP contribution in [0, 0.1) is 0 Å². The van der Waals surface area contributed by atoms with Crippen LogP contribution in [0.3, 0.4) is 0 Å². The predicted octanol–water partition coefficient (Wildman–Crippen LogP) is 3.44. The van der Waals surface area contributed by atoms with Crippen LogP contribution in [0.5, 0.6) is 11.5 Å². The monoisotopic (exact) mass is 358 g/mol. The Morgan fingerprint density at radius 2 is 2.04 bits per heavy atom. The molecule has 0 saturated heterocycles. The van der Waals surface area contributed by atoms with Gasteiger partial charge in [-0.2, -0.15) is 0 Å². The molecule has 0 aliphatic heterocycles. The zero-order chi connectivity index (χ0) is 18.0. The van der Waals surface area contributed by atoms with Crippen molar-refractivity contribution in [2.75, 3.05) is 11.9 Å². The molecule has 7 heteroatoms. The Morgan fingerprint density at radius 1 is 1.28 bits per heavy atom. The zero-order valence-electron chi connectivity index (χ0n) is 13.9. The Kier molecular flexibility index (Phi) is 4.76. The number of hydrogen-bond donors (Lipinski definition) is 2. The fourth-order valence-corrected chi connectivity index (χ4v) is 3.55. The molecule has 0 aliphatic carbocycles. The van der Waals surface area contributed by atoms with Crippen LogP contribution in [0.2, 0.25) is 0 Å². The van der Waals surface area contributed by atoms with Crippen LogP contribution in [0.4, 0.5) is 5.69 Å². The Bertz CT molecular complexity index is 990. The number of ether oxygens (including phenoxy) is 1. The number of carbonyl (C=O) groups excluding carboxylic acids is 1. The first-order chi connectivity index (χ1) is 12.1. The fourth-order valence-electron chi connectivity index (χ4n) is 2.71. The molecular formula is C18H18N2O4S. The molecule has 1 amide bonds. The molecular weight excluding hydrogens is 340 g/mol. The van der Waals surface area contributed by atoms with Gasteiger partial charge in [-0.3, -0.25) is 9.59 Å². The topological polar surface area (TPSA) is 80.6 Å². The smallest absolute Gasteiger partial charge is 0.267 e. The zero-order valence-corrected chi connectivity index (χ0v) is 14.7. The predicted molar refractivity (Wildman–Crippen MR) is 99.0 cm³/mol. The Morgan fingerprint density at radius 3 is 2.76 bits per heavy atom. The highest BCUT2D eigenvalue weighted by Crippen LogP contribution is 2.32. The summed E-state index contributed by atoms with van der Waals surface area (Å²) >= 11 is 1.29. The number of carbonyl (C=O) groups is 1. The van der Waals surface area contributed by atoms with Crippen LogP contribution in [0.25, 0.3) is 10.2 Å². The minimum absolute atomic E-state index is 0.261. The Balaban J connectivity index is 2.08. The second-order valence-corrected chi connectivity index (χ2v) is 6.21. The minimum Gasteiger partial charge on any atom is -0.505 e. The van der Waals surface area contributed by atoms with Crippen molar-refractivity contribution in [1.82, 2.24) is 4.57 Å². The molecule has 3 aromatic rings. The number of aromatic nitrogens is 1. The van der Waals surface area contributed by atoms with Gasteiger partial charge in [-0.05, 0) is 37.4 Å². The molecule has 0 fully saturated rings. The lowest BCUT2D eigenvalue weighted by Crippen LogP contribution is -2.29. The number of aryl methyl sites for hydroxylation is 1. The van der Waals surface area contributed by atoms with Crippen molar-refractivity contribution >= 4 is 33.1 Å². The largest absolute Gasteiger partial charge is 0.505 e. The number of benzene rings is 1. The van der Waals surface area contributed by atoms with Gasteiger partial charge in [0.05, 0.1) is 22.5 Å². The number of fused-ring (bicyclic) bond motifs is 1. The molecule has 2 aromatic heterocycles. The van der Waals surface area contributed by atoms with Crippen LogP contribution in [-0.2, 0) is 6.54 Å². The molecule has 0 saturated carbocycles. The van der Waals surface area contributed by atoms with E-state index >= 15 is 0 Å². The van der Waals surface area contributed by atoms with Gasteiger partial charge in [0.2, 0.25) is 0 Å². The van der Waals surface area contributed by atoms with Crippen molar-refractivity contribution in [3.63, 3.8) is 0 Å². The highest BCUT2D eigenvalue weighted by molar-refractivity contribution is 7.17. The molecule has 25 heavy (non-hydrogen) atoms. The van der Waals surface area contributed by atoms with Gasteiger partial charge in [-0.1, -0.05) is 12.1 Å². The van der Waals surface area contributed by atoms with Crippen molar-refractivity contribution in [3.05, 3.63) is 51.6 Å². The number of nitrogens with one attached hydrogen (secondary N) is 1. The van der Waals surface area contributed by atoms with Crippen LogP contribution in [0.15, 0.2) is 40.5 Å². The first-order valence-electron chi connectivity index (χ1n) is 7.94. The highest BCUT2D eigenvalue weighted by atomic mass is 32.1. The van der Waals surface area contributed by atoms with Crippen molar-refractivity contribution in [3.8, 4) is 11.5 Å². The van der Waals surface area contributed by atoms with E-state index in [0.29, 0.717) is 34.8 Å². The summed E-state index contributed by atoms with van der Waals surface area (Å²) in [6, 6.07) is 8.72. The van der Waals surface area contributed by atoms with E-state index in [1.165, 1.54) is 15.9 Å². The molecule has 6 nitrogen and oxygen atoms in total. The maximum Gasteiger partial charge on any atom is 0.267 e. The van der Waals surface area contributed by atoms with E-state index in [-0.39, 0.29) is 11.3 Å². The molecule has 3 rings (SSSR count). The lowest BCUT2D eigenvalue weighted by atomic mass is 10.2. The summed E-state index contributed by atoms with van der Waals surface area (Å²) in [6.45, 7) is 4.51. The SMILES string of the molecule is CCOc1ccccc1NC(=O)c1c(O)c2sccc2n(CC)c1=O. The number of pyridine rings is 1. The average Bonchev–Trinajstić information content (AvgIpc) is 3.07. The van der Waals surface area contributed by atoms with Gasteiger partial charge in [-0.15, -0.1) is 11.3 Å². The first-order valence-corrected chi connectivity index (χ1v) is 8.82. The molecule has 0 radical (unpaired) electrons. The standard InChI is InChI=1S/C18H18N2O4S/c1-3-20-12-9-10-25-16(12)15(21)14(18(20)23)17(22)19-11-7-5-6-8-13(11)24-4-2/h5-10,21H,3-4H2,1-2H3,(H,19,22). The summed E-state index contributed by atoms with van der Waals surface area (Å²) in [5.41, 5.74) is 0.295. The minimum atomic E-state index is -0.660. The quantitative estimate of drug-likeness (QED) is 0.732. The van der Waals surface area contributed by atoms with Gasteiger partial charge in [0.15, 0.2) is 5.75 Å². The first kappa shape index (κ1) is 17.0. The summed E-state index contributed by atoms with van der Waals surface area (Å²) in [4.78, 5) is 25.4. The summed E-state index contributed by atoms with van der Waals surface area (Å²) in [7, 11) is 0. The highest BCUT2D eigenvalue weighted by Gasteiger charge is 2.23. The molecule has 2 heterocycles. The summed E-state index contributed by atoms with van der Waals surface area (Å²) < 4.78 is 7.48. The van der Waals surface area contributed by atoms with E-state index in [2.05, 4.69) is 5.32 Å². The molecule has 130 valence electrons. The normalized spacial score (nSPS) is 10.8. The van der Waals surface area contributed by atoms with E-state index in [4.69, 9.17) is 4.74 Å². The van der Waals surface area contributed by atoms with Crippen LogP contribution in [0.1, 0.15) is 24.2 Å². The van der Waals surface area contributed by atoms with E-state index in [0.717, 1.165) is 0 Å². The molecule has 0 aliphatic rings. The van der Waals surface area contributed by atoms with Gasteiger partial charge in [0.25, 0.3) is 11.5 Å². The number of anilines is 1. The second kappa shape index (κ2) is 6.98. The second-order valence-electron chi connectivity index (χ2n) is 5.29. The van der Waals surface area contributed by atoms with E-state index in [1.54, 1.807) is 35.7 Å². The summed E-state index contributed by atoms with van der Waals surface area (Å²) in [5.74, 6) is -0.441. The van der Waals surface area contributed by atoms with Crippen molar-refractivity contribution < 1.29 is 14.6 Å². The lowest BCUT2D eigenvalue weighted by molar-refractivity contribution is 0.102. The van der Waals surface area contributed by atoms with Gasteiger partial charge in [-0.25, -0.2) is 0 Å². The van der Waals surface area contributed by atoms with Crippen molar-refractivity contribution in [2.24, 2.45) is 0 Å². The van der Waals surface area contributed by atoms with E-state index in [9.17, 15) is 14.7 Å². The number of rotatable bonds is 5. The van der Waals surface area contributed by atoms with Gasteiger partial charge in [0, 0.05) is 6.54 Å². The average molecular weight is 358 g/mol. The third kappa shape index (κ3) is 2.98. The van der Waals surface area contributed by atoms with Crippen molar-refractivity contribution in [2.45, 2.75) is 20.4 Å². The van der Waals surface area contributed by atoms with Gasteiger partial charge >= 0.3 is 0 Å². The maximum absolute atomic E-state index is 12.7. The number of hydrogen-bond acceptors (Lipinski definition) is 5. The molecule has 0 atom stereocenters.